The lowest BCUT2D eigenvalue weighted by Crippen LogP contribution is -2.36. The molecule has 0 saturated carbocycles. The number of aliphatic hydroxyl groups excluding tert-OH is 2. The highest BCUT2D eigenvalue weighted by molar-refractivity contribution is 5.96. The monoisotopic (exact) mass is 492 g/mol. The average Bonchev–Trinajstić information content (AvgIpc) is 3.56. The third-order valence-corrected chi connectivity index (χ3v) is 7.20. The summed E-state index contributed by atoms with van der Waals surface area (Å²) in [6.45, 7) is 11.2. The standard InChI is InChI=1S/C28H44O7/c1-7-22(30)20(5)27-23(34-27)15-17(2)9-8-10-18(3)26-19(4)11-12-24(31)28(6,33)14-13-21(29)16-25(32)35-26/h8-12,17,19-23,26-27,29-30,33H,7,13-16H2,1-6H3/b9-8+,12-11-,18-10+. The number of ketones is 1. The van der Waals surface area contributed by atoms with E-state index in [1.165, 1.54) is 13.0 Å². The molecular weight excluding hydrogens is 448 g/mol. The molecule has 0 radical (unpaired) electrons. The fraction of sp³-hybridized carbons (Fsp3) is 0.714. The SMILES string of the molecule is CCC(O)C(C)C1OC1CC(C)/C=C/C=C(\C)C1OC(=O)CC(O)CCC(C)(O)C(=O)/C=C\C1C. The van der Waals surface area contributed by atoms with Gasteiger partial charge in [-0.15, -0.1) is 0 Å². The van der Waals surface area contributed by atoms with Crippen LogP contribution in [0.25, 0.3) is 0 Å². The van der Waals surface area contributed by atoms with Crippen LogP contribution in [0.1, 0.15) is 73.6 Å². The van der Waals surface area contributed by atoms with Gasteiger partial charge in [0.1, 0.15) is 11.7 Å². The average molecular weight is 493 g/mol. The molecular formula is C28H44O7. The van der Waals surface area contributed by atoms with Gasteiger partial charge in [0.25, 0.3) is 0 Å². The Labute approximate surface area is 209 Å². The maximum atomic E-state index is 12.4. The van der Waals surface area contributed by atoms with E-state index < -0.39 is 29.6 Å². The van der Waals surface area contributed by atoms with E-state index >= 15 is 0 Å². The van der Waals surface area contributed by atoms with E-state index in [2.05, 4.69) is 13.0 Å². The number of ether oxygens (including phenoxy) is 2. The molecule has 0 amide bonds. The Morgan fingerprint density at radius 3 is 2.66 bits per heavy atom. The minimum Gasteiger partial charge on any atom is -0.457 e. The largest absolute Gasteiger partial charge is 0.457 e. The third-order valence-electron chi connectivity index (χ3n) is 7.20. The molecule has 3 N–H and O–H groups in total. The first-order chi connectivity index (χ1) is 16.4. The number of cyclic esters (lactones) is 1. The van der Waals surface area contributed by atoms with Crippen molar-refractivity contribution in [1.29, 1.82) is 0 Å². The van der Waals surface area contributed by atoms with Crippen molar-refractivity contribution >= 4 is 11.8 Å². The van der Waals surface area contributed by atoms with Crippen LogP contribution in [0.3, 0.4) is 0 Å². The molecule has 2 heterocycles. The van der Waals surface area contributed by atoms with Crippen LogP contribution in [0, 0.1) is 17.8 Å². The molecule has 7 heteroatoms. The van der Waals surface area contributed by atoms with Crippen molar-refractivity contribution in [3.05, 3.63) is 36.0 Å². The second kappa shape index (κ2) is 12.9. The van der Waals surface area contributed by atoms with Gasteiger partial charge in [-0.25, -0.2) is 0 Å². The number of esters is 1. The minimum absolute atomic E-state index is 0.0646. The van der Waals surface area contributed by atoms with E-state index in [1.54, 1.807) is 6.08 Å². The van der Waals surface area contributed by atoms with E-state index in [1.807, 2.05) is 39.8 Å². The van der Waals surface area contributed by atoms with Gasteiger partial charge in [-0.1, -0.05) is 52.0 Å². The van der Waals surface area contributed by atoms with Gasteiger partial charge in [-0.3, -0.25) is 9.59 Å². The van der Waals surface area contributed by atoms with Crippen LogP contribution in [0.4, 0.5) is 0 Å². The van der Waals surface area contributed by atoms with E-state index in [4.69, 9.17) is 9.47 Å². The van der Waals surface area contributed by atoms with E-state index in [-0.39, 0.29) is 55.3 Å². The second-order valence-electron chi connectivity index (χ2n) is 10.6. The molecule has 2 aliphatic rings. The van der Waals surface area contributed by atoms with Gasteiger partial charge >= 0.3 is 5.97 Å². The number of epoxide rings is 1. The molecule has 0 aliphatic carbocycles. The van der Waals surface area contributed by atoms with Crippen LogP contribution >= 0.6 is 0 Å². The van der Waals surface area contributed by atoms with Gasteiger partial charge in [0.15, 0.2) is 5.78 Å². The van der Waals surface area contributed by atoms with E-state index in [9.17, 15) is 24.9 Å². The Balaban J connectivity index is 2.05. The molecule has 198 valence electrons. The van der Waals surface area contributed by atoms with Crippen molar-refractivity contribution in [1.82, 2.24) is 0 Å². The van der Waals surface area contributed by atoms with Gasteiger partial charge < -0.3 is 24.8 Å². The Hall–Kier alpha value is -1.80. The Morgan fingerprint density at radius 1 is 1.31 bits per heavy atom. The summed E-state index contributed by atoms with van der Waals surface area (Å²) in [6.07, 6.45) is 8.84. The number of carbonyl (C=O) groups is 2. The summed E-state index contributed by atoms with van der Waals surface area (Å²) in [5.74, 6) is -0.850. The highest BCUT2D eigenvalue weighted by atomic mass is 16.6. The summed E-state index contributed by atoms with van der Waals surface area (Å²) in [5, 5.41) is 30.6. The van der Waals surface area contributed by atoms with Crippen molar-refractivity contribution in [2.24, 2.45) is 17.8 Å². The lowest BCUT2D eigenvalue weighted by atomic mass is 9.90. The number of aliphatic hydroxyl groups is 3. The van der Waals surface area contributed by atoms with E-state index in [0.717, 1.165) is 18.4 Å². The molecule has 7 nitrogen and oxygen atoms in total. The molecule has 2 rings (SSSR count). The summed E-state index contributed by atoms with van der Waals surface area (Å²) < 4.78 is 11.5. The Morgan fingerprint density at radius 2 is 2.00 bits per heavy atom. The van der Waals surface area contributed by atoms with Crippen molar-refractivity contribution in [2.75, 3.05) is 0 Å². The first kappa shape index (κ1) is 29.4. The quantitative estimate of drug-likeness (QED) is 0.269. The van der Waals surface area contributed by atoms with Crippen LogP contribution in [-0.2, 0) is 19.1 Å². The van der Waals surface area contributed by atoms with Crippen molar-refractivity contribution in [3.8, 4) is 0 Å². The van der Waals surface area contributed by atoms with Gasteiger partial charge in [-0.2, -0.15) is 0 Å². The smallest absolute Gasteiger partial charge is 0.309 e. The second-order valence-corrected chi connectivity index (χ2v) is 10.6. The van der Waals surface area contributed by atoms with Crippen LogP contribution in [0.15, 0.2) is 36.0 Å². The normalized spacial score (nSPS) is 36.6. The van der Waals surface area contributed by atoms with E-state index in [0.29, 0.717) is 0 Å². The summed E-state index contributed by atoms with van der Waals surface area (Å²) in [4.78, 5) is 24.9. The molecule has 9 atom stereocenters. The zero-order chi connectivity index (χ0) is 26.3. The highest BCUT2D eigenvalue weighted by Crippen LogP contribution is 2.36. The topological polar surface area (TPSA) is 117 Å². The predicted octanol–water partition coefficient (Wildman–Crippen LogP) is 3.66. The van der Waals surface area contributed by atoms with Crippen LogP contribution < -0.4 is 0 Å². The fourth-order valence-electron chi connectivity index (χ4n) is 4.53. The maximum absolute atomic E-state index is 12.4. The highest BCUT2D eigenvalue weighted by Gasteiger charge is 2.44. The van der Waals surface area contributed by atoms with Gasteiger partial charge in [-0.05, 0) is 57.1 Å². The van der Waals surface area contributed by atoms with Crippen molar-refractivity contribution < 1.29 is 34.4 Å². The zero-order valence-electron chi connectivity index (χ0n) is 22.0. The number of carbonyl (C=O) groups excluding carboxylic acids is 2. The number of hydrogen-bond acceptors (Lipinski definition) is 7. The molecule has 0 aromatic carbocycles. The molecule has 1 fully saturated rings. The lowest BCUT2D eigenvalue weighted by Gasteiger charge is -2.26. The molecule has 35 heavy (non-hydrogen) atoms. The molecule has 0 bridgehead atoms. The maximum Gasteiger partial charge on any atom is 0.309 e. The van der Waals surface area contributed by atoms with Gasteiger partial charge in [0, 0.05) is 11.8 Å². The lowest BCUT2D eigenvalue weighted by molar-refractivity contribution is -0.151. The summed E-state index contributed by atoms with van der Waals surface area (Å²) in [7, 11) is 0. The van der Waals surface area contributed by atoms with Crippen molar-refractivity contribution in [2.45, 2.75) is 110 Å². The molecule has 1 saturated heterocycles. The molecule has 9 unspecified atom stereocenters. The van der Waals surface area contributed by atoms with Crippen molar-refractivity contribution in [3.63, 3.8) is 0 Å². The number of rotatable bonds is 8. The Kier molecular flexibility index (Phi) is 10.9. The number of allylic oxidation sites excluding steroid dienone is 3. The van der Waals surface area contributed by atoms with Gasteiger partial charge in [0.05, 0.1) is 30.8 Å². The van der Waals surface area contributed by atoms with Crippen LogP contribution in [-0.4, -0.2) is 63.2 Å². The summed E-state index contributed by atoms with van der Waals surface area (Å²) >= 11 is 0. The molecule has 2 aliphatic heterocycles. The molecule has 0 aromatic heterocycles. The third kappa shape index (κ3) is 8.98. The molecule has 0 aromatic rings. The number of hydrogen-bond donors (Lipinski definition) is 3. The Bertz CT molecular complexity index is 812. The minimum atomic E-state index is -1.59. The predicted molar refractivity (Wildman–Crippen MR) is 134 cm³/mol. The fourth-order valence-corrected chi connectivity index (χ4v) is 4.53. The van der Waals surface area contributed by atoms with Crippen LogP contribution in [0.2, 0.25) is 0 Å². The summed E-state index contributed by atoms with van der Waals surface area (Å²) in [5.41, 5.74) is -0.777. The molecule has 0 spiro atoms. The van der Waals surface area contributed by atoms with Gasteiger partial charge in [0.2, 0.25) is 0 Å². The first-order valence-corrected chi connectivity index (χ1v) is 12.9. The summed E-state index contributed by atoms with van der Waals surface area (Å²) in [6, 6.07) is 0. The zero-order valence-corrected chi connectivity index (χ0v) is 22.0. The van der Waals surface area contributed by atoms with Crippen LogP contribution in [0.5, 0.6) is 0 Å². The first-order valence-electron chi connectivity index (χ1n) is 12.9.